The van der Waals surface area contributed by atoms with Crippen LogP contribution in [0, 0.1) is 0 Å². The fourth-order valence-electron chi connectivity index (χ4n) is 2.39. The van der Waals surface area contributed by atoms with E-state index in [0.717, 1.165) is 15.4 Å². The standard InChI is InChI=1S/C18H19NO5S/c1-2-24-17(23)10-14(20)8-13(9-16(21)22)15-11-19-18(25-15)12-6-4-3-5-7-12/h3-7,11,13H,2,8-10H2,1H3,(H,21,22). The predicted octanol–water partition coefficient (Wildman–Crippen LogP) is 3.28. The van der Waals surface area contributed by atoms with Gasteiger partial charge in [0, 0.05) is 29.0 Å². The van der Waals surface area contributed by atoms with Gasteiger partial charge in [0.1, 0.15) is 17.2 Å². The molecule has 1 aromatic heterocycles. The fraction of sp³-hybridized carbons (Fsp3) is 0.333. The Morgan fingerprint density at radius 3 is 2.56 bits per heavy atom. The van der Waals surface area contributed by atoms with Crippen LogP contribution in [0.3, 0.4) is 0 Å². The molecule has 0 amide bonds. The van der Waals surface area contributed by atoms with Crippen LogP contribution in [0.1, 0.15) is 37.0 Å². The molecule has 2 rings (SSSR count). The van der Waals surface area contributed by atoms with Gasteiger partial charge in [-0.25, -0.2) is 4.98 Å². The van der Waals surface area contributed by atoms with Gasteiger partial charge in [-0.2, -0.15) is 0 Å². The molecule has 6 nitrogen and oxygen atoms in total. The van der Waals surface area contributed by atoms with Gasteiger partial charge in [-0.05, 0) is 6.92 Å². The van der Waals surface area contributed by atoms with E-state index in [1.807, 2.05) is 30.3 Å². The van der Waals surface area contributed by atoms with Crippen LogP contribution < -0.4 is 0 Å². The Balaban J connectivity index is 2.12. The summed E-state index contributed by atoms with van der Waals surface area (Å²) < 4.78 is 4.76. The Labute approximate surface area is 149 Å². The van der Waals surface area contributed by atoms with Gasteiger partial charge in [-0.3, -0.25) is 14.4 Å². The number of carboxylic acid groups (broad SMARTS) is 1. The first-order chi connectivity index (χ1) is 12.0. The average Bonchev–Trinajstić information content (AvgIpc) is 3.04. The molecule has 0 spiro atoms. The van der Waals surface area contributed by atoms with Crippen molar-refractivity contribution in [2.24, 2.45) is 0 Å². The van der Waals surface area contributed by atoms with E-state index < -0.39 is 17.9 Å². The van der Waals surface area contributed by atoms with Crippen molar-refractivity contribution in [1.29, 1.82) is 0 Å². The minimum atomic E-state index is -0.997. The van der Waals surface area contributed by atoms with Gasteiger partial charge >= 0.3 is 11.9 Å². The SMILES string of the molecule is CCOC(=O)CC(=O)CC(CC(=O)O)c1cnc(-c2ccccc2)s1. The number of benzene rings is 1. The van der Waals surface area contributed by atoms with E-state index in [9.17, 15) is 14.4 Å². The summed E-state index contributed by atoms with van der Waals surface area (Å²) in [7, 11) is 0. The third kappa shape index (κ3) is 5.79. The van der Waals surface area contributed by atoms with Crippen molar-refractivity contribution < 1.29 is 24.2 Å². The lowest BCUT2D eigenvalue weighted by Crippen LogP contribution is -2.15. The number of carbonyl (C=O) groups is 3. The zero-order valence-corrected chi connectivity index (χ0v) is 14.6. The zero-order valence-electron chi connectivity index (χ0n) is 13.8. The first-order valence-electron chi connectivity index (χ1n) is 7.89. The van der Waals surface area contributed by atoms with Crippen molar-refractivity contribution in [1.82, 2.24) is 4.98 Å². The van der Waals surface area contributed by atoms with E-state index in [1.54, 1.807) is 13.1 Å². The van der Waals surface area contributed by atoms with Crippen molar-refractivity contribution >= 4 is 29.1 Å². The van der Waals surface area contributed by atoms with Crippen LogP contribution in [-0.4, -0.2) is 34.4 Å². The summed E-state index contributed by atoms with van der Waals surface area (Å²) in [5.74, 6) is -2.42. The van der Waals surface area contributed by atoms with Crippen molar-refractivity contribution in [3.05, 3.63) is 41.4 Å². The smallest absolute Gasteiger partial charge is 0.313 e. The molecule has 0 bridgehead atoms. The predicted molar refractivity (Wildman–Crippen MR) is 93.4 cm³/mol. The quantitative estimate of drug-likeness (QED) is 0.544. The Bertz CT molecular complexity index is 741. The molecule has 0 aliphatic heterocycles. The second-order valence-electron chi connectivity index (χ2n) is 5.45. The molecule has 0 saturated heterocycles. The van der Waals surface area contributed by atoms with Gasteiger partial charge in [-0.1, -0.05) is 30.3 Å². The minimum Gasteiger partial charge on any atom is -0.481 e. The van der Waals surface area contributed by atoms with E-state index in [1.165, 1.54) is 11.3 Å². The van der Waals surface area contributed by atoms with Gasteiger partial charge in [0.2, 0.25) is 0 Å². The Kier molecular flexibility index (Phi) is 6.82. The maximum absolute atomic E-state index is 12.1. The Morgan fingerprint density at radius 2 is 1.92 bits per heavy atom. The molecule has 1 unspecified atom stereocenters. The summed E-state index contributed by atoms with van der Waals surface area (Å²) in [5, 5.41) is 9.90. The number of nitrogens with zero attached hydrogens (tertiary/aromatic N) is 1. The number of Topliss-reactive ketones (excluding diaryl/α,β-unsaturated/α-hetero) is 1. The zero-order chi connectivity index (χ0) is 18.2. The number of hydrogen-bond acceptors (Lipinski definition) is 6. The van der Waals surface area contributed by atoms with Gasteiger partial charge < -0.3 is 9.84 Å². The molecular formula is C18H19NO5S. The van der Waals surface area contributed by atoms with Crippen LogP contribution >= 0.6 is 11.3 Å². The Morgan fingerprint density at radius 1 is 1.20 bits per heavy atom. The number of ether oxygens (including phenoxy) is 1. The van der Waals surface area contributed by atoms with E-state index in [4.69, 9.17) is 9.84 Å². The fourth-order valence-corrected chi connectivity index (χ4v) is 3.41. The lowest BCUT2D eigenvalue weighted by molar-refractivity contribution is -0.145. The average molecular weight is 361 g/mol. The molecule has 1 atom stereocenters. The maximum Gasteiger partial charge on any atom is 0.313 e. The molecule has 1 heterocycles. The highest BCUT2D eigenvalue weighted by atomic mass is 32.1. The monoisotopic (exact) mass is 361 g/mol. The molecule has 0 aliphatic carbocycles. The lowest BCUT2D eigenvalue weighted by atomic mass is 9.96. The molecule has 0 fully saturated rings. The summed E-state index contributed by atoms with van der Waals surface area (Å²) in [4.78, 5) is 39.7. The first kappa shape index (κ1) is 18.8. The minimum absolute atomic E-state index is 0.0263. The molecule has 0 aliphatic rings. The van der Waals surface area contributed by atoms with Crippen LogP contribution in [0.25, 0.3) is 10.6 Å². The molecule has 25 heavy (non-hydrogen) atoms. The van der Waals surface area contributed by atoms with E-state index in [2.05, 4.69) is 4.98 Å². The summed E-state index contributed by atoms with van der Waals surface area (Å²) >= 11 is 1.36. The molecule has 1 aromatic carbocycles. The van der Waals surface area contributed by atoms with Crippen LogP contribution in [0.2, 0.25) is 0 Å². The highest BCUT2D eigenvalue weighted by molar-refractivity contribution is 7.15. The molecule has 7 heteroatoms. The van der Waals surface area contributed by atoms with Gasteiger partial charge in [0.15, 0.2) is 0 Å². The molecule has 2 aromatic rings. The number of rotatable bonds is 9. The maximum atomic E-state index is 12.1. The van der Waals surface area contributed by atoms with Gasteiger partial charge in [-0.15, -0.1) is 11.3 Å². The number of aromatic nitrogens is 1. The van der Waals surface area contributed by atoms with E-state index in [-0.39, 0.29) is 31.7 Å². The molecule has 132 valence electrons. The van der Waals surface area contributed by atoms with Gasteiger partial charge in [0.25, 0.3) is 0 Å². The van der Waals surface area contributed by atoms with Crippen LogP contribution in [0.5, 0.6) is 0 Å². The van der Waals surface area contributed by atoms with E-state index >= 15 is 0 Å². The third-order valence-corrected chi connectivity index (χ3v) is 4.70. The van der Waals surface area contributed by atoms with Crippen LogP contribution in [0.15, 0.2) is 36.5 Å². The second-order valence-corrected chi connectivity index (χ2v) is 6.52. The van der Waals surface area contributed by atoms with Crippen molar-refractivity contribution in [3.8, 4) is 10.6 Å². The van der Waals surface area contributed by atoms with Gasteiger partial charge in [0.05, 0.1) is 13.0 Å². The highest BCUT2D eigenvalue weighted by Crippen LogP contribution is 2.33. The van der Waals surface area contributed by atoms with Crippen LogP contribution in [-0.2, 0) is 19.1 Å². The van der Waals surface area contributed by atoms with Crippen molar-refractivity contribution in [2.45, 2.75) is 32.1 Å². The second kappa shape index (κ2) is 9.08. The van der Waals surface area contributed by atoms with Crippen LogP contribution in [0.4, 0.5) is 0 Å². The topological polar surface area (TPSA) is 93.6 Å². The molecular weight excluding hydrogens is 342 g/mol. The summed E-state index contributed by atoms with van der Waals surface area (Å²) in [6, 6.07) is 9.53. The normalized spacial score (nSPS) is 11.7. The number of carboxylic acids is 1. The number of carbonyl (C=O) groups excluding carboxylic acids is 2. The van der Waals surface area contributed by atoms with E-state index in [0.29, 0.717) is 0 Å². The highest BCUT2D eigenvalue weighted by Gasteiger charge is 2.23. The van der Waals surface area contributed by atoms with Crippen molar-refractivity contribution in [2.75, 3.05) is 6.61 Å². The summed E-state index contributed by atoms with van der Waals surface area (Å²) in [6.07, 6.45) is 1.05. The third-order valence-electron chi connectivity index (χ3n) is 3.49. The Hall–Kier alpha value is -2.54. The summed E-state index contributed by atoms with van der Waals surface area (Å²) in [6.45, 7) is 1.87. The number of esters is 1. The number of aliphatic carboxylic acids is 1. The summed E-state index contributed by atoms with van der Waals surface area (Å²) in [5.41, 5.74) is 0.936. The molecule has 1 N–H and O–H groups in total. The number of ketones is 1. The number of hydrogen-bond donors (Lipinski definition) is 1. The lowest BCUT2D eigenvalue weighted by Gasteiger charge is -2.11. The number of thiazole rings is 1. The largest absolute Gasteiger partial charge is 0.481 e. The first-order valence-corrected chi connectivity index (χ1v) is 8.71. The van der Waals surface area contributed by atoms with Crippen molar-refractivity contribution in [3.63, 3.8) is 0 Å². The molecule has 0 radical (unpaired) electrons. The molecule has 0 saturated carbocycles.